The molecule has 3 N–H and O–H groups in total. The topological polar surface area (TPSA) is 208 Å². The molecule has 1 aliphatic rings. The number of carbonyl (C=O) groups is 4. The van der Waals surface area contributed by atoms with Crippen molar-refractivity contribution in [3.05, 3.63) is 30.1 Å². The van der Waals surface area contributed by atoms with E-state index >= 15 is 0 Å². The number of hydrogen-bond acceptors (Lipinski definition) is 12. The van der Waals surface area contributed by atoms with Gasteiger partial charge in [-0.1, -0.05) is 0 Å². The molecule has 14 nitrogen and oxygen atoms in total. The summed E-state index contributed by atoms with van der Waals surface area (Å²) < 4.78 is 54.3. The van der Waals surface area contributed by atoms with Crippen LogP contribution in [0.2, 0.25) is 0 Å². The first-order chi connectivity index (χ1) is 14.8. The molecule has 0 unspecified atom stereocenters. The van der Waals surface area contributed by atoms with Crippen molar-refractivity contribution in [3.8, 4) is 0 Å². The number of pyridine rings is 1. The van der Waals surface area contributed by atoms with Crippen molar-refractivity contribution >= 4 is 34.2 Å². The number of primary amides is 1. The quantitative estimate of drug-likeness (QED) is 0.278. The van der Waals surface area contributed by atoms with E-state index in [4.69, 9.17) is 29.2 Å². The summed E-state index contributed by atoms with van der Waals surface area (Å²) in [6, 6.07) is 3.29. The molecule has 178 valence electrons. The molecule has 0 radical (unpaired) electrons. The van der Waals surface area contributed by atoms with Gasteiger partial charge < -0.3 is 24.7 Å². The maximum Gasteiger partial charge on any atom is 0.400 e. The zero-order valence-corrected chi connectivity index (χ0v) is 18.0. The standard InChI is InChI=1S/C11H16O11S.C6H6N2O/c1-5(12)18-4-8-9(19-6(2)13)10(20-7(3)14)11(21-8)22-23(15,16)17;7-6(9)5-2-1-3-8-4-5/h8-11H,4H2,1-3H3,(H,15,16,17);1-4H,(H2,7,9)/t8-,9-,10-,11+;/m1./s1. The van der Waals surface area contributed by atoms with Crippen LogP contribution in [0.15, 0.2) is 24.5 Å². The molecular formula is C17H22N2O12S. The highest BCUT2D eigenvalue weighted by Gasteiger charge is 2.52. The lowest BCUT2D eigenvalue weighted by Gasteiger charge is -2.22. The molecule has 1 amide bonds. The Kier molecular flexibility index (Phi) is 10.1. The maximum absolute atomic E-state index is 11.2. The van der Waals surface area contributed by atoms with Gasteiger partial charge in [0.1, 0.15) is 12.7 Å². The van der Waals surface area contributed by atoms with E-state index in [9.17, 15) is 27.6 Å². The highest BCUT2D eigenvalue weighted by molar-refractivity contribution is 7.80. The summed E-state index contributed by atoms with van der Waals surface area (Å²) >= 11 is 0. The van der Waals surface area contributed by atoms with Gasteiger partial charge in [0.2, 0.25) is 12.2 Å². The predicted molar refractivity (Wildman–Crippen MR) is 102 cm³/mol. The average molecular weight is 478 g/mol. The van der Waals surface area contributed by atoms with E-state index in [2.05, 4.69) is 9.17 Å². The number of nitrogens with zero attached hydrogens (tertiary/aromatic N) is 1. The number of rotatable bonds is 7. The van der Waals surface area contributed by atoms with Gasteiger partial charge in [-0.15, -0.1) is 0 Å². The van der Waals surface area contributed by atoms with E-state index in [-0.39, 0.29) is 0 Å². The zero-order chi connectivity index (χ0) is 24.5. The first kappa shape index (κ1) is 26.9. The molecule has 0 aliphatic carbocycles. The molecule has 32 heavy (non-hydrogen) atoms. The Morgan fingerprint density at radius 2 is 1.69 bits per heavy atom. The molecule has 0 spiro atoms. The van der Waals surface area contributed by atoms with Gasteiger partial charge in [0, 0.05) is 33.2 Å². The van der Waals surface area contributed by atoms with Gasteiger partial charge in [-0.3, -0.25) is 28.7 Å². The van der Waals surface area contributed by atoms with Gasteiger partial charge in [0.05, 0.1) is 5.56 Å². The van der Waals surface area contributed by atoms with Crippen molar-refractivity contribution in [2.45, 2.75) is 45.4 Å². The fourth-order valence-corrected chi connectivity index (χ4v) is 2.78. The van der Waals surface area contributed by atoms with E-state index in [0.717, 1.165) is 20.8 Å². The molecule has 0 aromatic carbocycles. The van der Waals surface area contributed by atoms with E-state index in [1.807, 2.05) is 0 Å². The summed E-state index contributed by atoms with van der Waals surface area (Å²) in [5.74, 6) is -2.73. The van der Waals surface area contributed by atoms with Crippen molar-refractivity contribution in [1.29, 1.82) is 0 Å². The number of nitrogens with two attached hydrogens (primary N) is 1. The SMILES string of the molecule is CC(=O)OC[C@H]1O[C@@H](OS(=O)(=O)O)[C@H](OC(C)=O)[C@@H]1OC(C)=O.NC(=O)c1cccnc1. The lowest BCUT2D eigenvalue weighted by Crippen LogP contribution is -2.42. The van der Waals surface area contributed by atoms with Crippen LogP contribution < -0.4 is 5.73 Å². The van der Waals surface area contributed by atoms with E-state index in [0.29, 0.717) is 5.56 Å². The van der Waals surface area contributed by atoms with Crippen molar-refractivity contribution < 1.29 is 55.3 Å². The van der Waals surface area contributed by atoms with Crippen molar-refractivity contribution in [2.24, 2.45) is 5.73 Å². The van der Waals surface area contributed by atoms with Crippen LogP contribution in [0.5, 0.6) is 0 Å². The molecule has 1 aromatic rings. The summed E-state index contributed by atoms with van der Waals surface area (Å²) in [4.78, 5) is 47.3. The third kappa shape index (κ3) is 9.78. The number of amides is 1. The number of esters is 3. The second kappa shape index (κ2) is 12.0. The van der Waals surface area contributed by atoms with Crippen LogP contribution in [0.25, 0.3) is 0 Å². The summed E-state index contributed by atoms with van der Waals surface area (Å²) in [7, 11) is -4.95. The second-order valence-electron chi connectivity index (χ2n) is 6.12. The third-order valence-corrected chi connectivity index (χ3v) is 3.92. The number of ether oxygens (including phenoxy) is 4. The fourth-order valence-electron chi connectivity index (χ4n) is 2.38. The van der Waals surface area contributed by atoms with Gasteiger partial charge in [0.25, 0.3) is 0 Å². The number of aromatic nitrogens is 1. The van der Waals surface area contributed by atoms with Gasteiger partial charge in [0.15, 0.2) is 12.2 Å². The molecule has 0 bridgehead atoms. The minimum atomic E-state index is -4.95. The summed E-state index contributed by atoms with van der Waals surface area (Å²) in [5, 5.41) is 0. The van der Waals surface area contributed by atoms with Gasteiger partial charge in [-0.25, -0.2) is 4.18 Å². The molecular weight excluding hydrogens is 456 g/mol. The van der Waals surface area contributed by atoms with Crippen LogP contribution in [-0.2, 0) is 47.9 Å². The Bertz CT molecular complexity index is 921. The maximum atomic E-state index is 11.2. The monoisotopic (exact) mass is 478 g/mol. The van der Waals surface area contributed by atoms with Crippen LogP contribution in [0.3, 0.4) is 0 Å². The minimum absolute atomic E-state index is 0.420. The second-order valence-corrected chi connectivity index (χ2v) is 7.17. The van der Waals surface area contributed by atoms with Crippen LogP contribution in [-0.4, -0.2) is 73.0 Å². The molecule has 2 rings (SSSR count). The average Bonchev–Trinajstić information content (AvgIpc) is 2.95. The van der Waals surface area contributed by atoms with Gasteiger partial charge in [-0.2, -0.15) is 8.42 Å². The number of carbonyl (C=O) groups excluding carboxylic acids is 4. The van der Waals surface area contributed by atoms with Crippen LogP contribution in [0.1, 0.15) is 31.1 Å². The third-order valence-electron chi connectivity index (χ3n) is 3.48. The Balaban J connectivity index is 0.000000471. The van der Waals surface area contributed by atoms with Crippen molar-refractivity contribution in [3.63, 3.8) is 0 Å². The van der Waals surface area contributed by atoms with Gasteiger partial charge in [-0.05, 0) is 12.1 Å². The molecule has 1 saturated heterocycles. The molecule has 1 aliphatic heterocycles. The Morgan fingerprint density at radius 1 is 1.09 bits per heavy atom. The summed E-state index contributed by atoms with van der Waals surface area (Å²) in [6.45, 7) is 2.78. The highest BCUT2D eigenvalue weighted by atomic mass is 32.3. The van der Waals surface area contributed by atoms with Crippen molar-refractivity contribution in [2.75, 3.05) is 6.61 Å². The van der Waals surface area contributed by atoms with E-state index in [1.54, 1.807) is 18.3 Å². The van der Waals surface area contributed by atoms with Crippen molar-refractivity contribution in [1.82, 2.24) is 4.98 Å². The van der Waals surface area contributed by atoms with Gasteiger partial charge >= 0.3 is 28.3 Å². The Labute approximate surface area is 182 Å². The molecule has 15 heteroatoms. The molecule has 2 heterocycles. The summed E-state index contributed by atoms with van der Waals surface area (Å²) in [6.07, 6.45) is -2.71. The first-order valence-electron chi connectivity index (χ1n) is 8.79. The molecule has 4 atom stereocenters. The van der Waals surface area contributed by atoms with Crippen LogP contribution in [0, 0.1) is 0 Å². The first-order valence-corrected chi connectivity index (χ1v) is 10.2. The summed E-state index contributed by atoms with van der Waals surface area (Å²) in [5.41, 5.74) is 5.38. The lowest BCUT2D eigenvalue weighted by molar-refractivity contribution is -0.170. The van der Waals surface area contributed by atoms with Crippen LogP contribution in [0.4, 0.5) is 0 Å². The lowest BCUT2D eigenvalue weighted by atomic mass is 10.1. The van der Waals surface area contributed by atoms with E-state index in [1.165, 1.54) is 6.20 Å². The zero-order valence-electron chi connectivity index (χ0n) is 17.2. The Morgan fingerprint density at radius 3 is 2.09 bits per heavy atom. The smallest absolute Gasteiger partial charge is 0.400 e. The normalized spacial score (nSPS) is 22.1. The fraction of sp³-hybridized carbons (Fsp3) is 0.471. The number of hydrogen-bond donors (Lipinski definition) is 2. The highest BCUT2D eigenvalue weighted by Crippen LogP contribution is 2.29. The van der Waals surface area contributed by atoms with E-state index < -0.39 is 65.4 Å². The van der Waals surface area contributed by atoms with Crippen LogP contribution >= 0.6 is 0 Å². The minimum Gasteiger partial charge on any atom is -0.463 e. The molecule has 0 saturated carbocycles. The predicted octanol–water partition coefficient (Wildman–Crippen LogP) is -0.862. The molecule has 1 fully saturated rings. The Hall–Kier alpha value is -3.14. The molecule has 1 aromatic heterocycles. The largest absolute Gasteiger partial charge is 0.463 e.